The molecule has 0 bridgehead atoms. The fraction of sp³-hybridized carbons (Fsp3) is 0.292. The van der Waals surface area contributed by atoms with Crippen molar-refractivity contribution in [3.63, 3.8) is 0 Å². The fourth-order valence-electron chi connectivity index (χ4n) is 3.95. The van der Waals surface area contributed by atoms with Gasteiger partial charge in [0.05, 0.1) is 11.3 Å². The lowest BCUT2D eigenvalue weighted by atomic mass is 10.1. The molecule has 4 rings (SSSR count). The van der Waals surface area contributed by atoms with Crippen LogP contribution >= 0.6 is 0 Å². The number of hydrogen-bond donors (Lipinski definition) is 2. The molecule has 1 aliphatic heterocycles. The Hall–Kier alpha value is -4.01. The van der Waals surface area contributed by atoms with Gasteiger partial charge in [0.15, 0.2) is 5.69 Å². The quantitative estimate of drug-likeness (QED) is 0.558. The van der Waals surface area contributed by atoms with Crippen LogP contribution in [0.4, 0.5) is 0 Å². The van der Waals surface area contributed by atoms with Gasteiger partial charge in [-0.1, -0.05) is 55.5 Å². The summed E-state index contributed by atoms with van der Waals surface area (Å²) in [5.74, 6) is -1.75. The van der Waals surface area contributed by atoms with Gasteiger partial charge in [-0.2, -0.15) is 5.10 Å². The average molecular weight is 447 g/mol. The zero-order chi connectivity index (χ0) is 23.4. The van der Waals surface area contributed by atoms with Crippen molar-refractivity contribution in [1.82, 2.24) is 25.5 Å². The van der Waals surface area contributed by atoms with Crippen molar-refractivity contribution in [2.24, 2.45) is 5.92 Å². The third kappa shape index (κ3) is 4.77. The number of nitrogens with zero attached hydrogens (tertiary/aromatic N) is 3. The number of aryl methyl sites for hydroxylation is 1. The first-order valence-corrected chi connectivity index (χ1v) is 10.9. The van der Waals surface area contributed by atoms with Crippen molar-refractivity contribution in [2.45, 2.75) is 32.9 Å². The number of carbonyl (C=O) groups excluding carboxylic acids is 3. The zero-order valence-electron chi connectivity index (χ0n) is 18.3. The molecule has 0 aliphatic carbocycles. The lowest BCUT2D eigenvalue weighted by Gasteiger charge is -2.17. The molecule has 1 saturated heterocycles. The number of hydrogen-bond acceptors (Lipinski definition) is 5. The molecule has 1 aliphatic rings. The summed E-state index contributed by atoms with van der Waals surface area (Å²) in [6.45, 7) is 2.99. The molecule has 170 valence electrons. The van der Waals surface area contributed by atoms with Crippen molar-refractivity contribution < 1.29 is 14.4 Å². The second-order valence-electron chi connectivity index (χ2n) is 8.03. The van der Waals surface area contributed by atoms with Crippen LogP contribution in [0.25, 0.3) is 10.8 Å². The van der Waals surface area contributed by atoms with Gasteiger partial charge in [-0.15, -0.1) is 0 Å². The number of fused-ring (bicyclic) bond motifs is 1. The molecule has 3 amide bonds. The summed E-state index contributed by atoms with van der Waals surface area (Å²) >= 11 is 0. The Morgan fingerprint density at radius 3 is 2.42 bits per heavy atom. The number of likely N-dealkylation sites (tertiary alicyclic amines) is 1. The molecule has 0 spiro atoms. The second-order valence-corrected chi connectivity index (χ2v) is 8.03. The fourth-order valence-corrected chi connectivity index (χ4v) is 3.95. The lowest BCUT2D eigenvalue weighted by Crippen LogP contribution is -2.45. The van der Waals surface area contributed by atoms with Gasteiger partial charge in [0, 0.05) is 31.4 Å². The Morgan fingerprint density at radius 1 is 1.00 bits per heavy atom. The van der Waals surface area contributed by atoms with Crippen LogP contribution in [0.2, 0.25) is 0 Å². The highest BCUT2D eigenvalue weighted by Gasteiger charge is 2.34. The van der Waals surface area contributed by atoms with Crippen molar-refractivity contribution >= 4 is 28.5 Å². The third-order valence-electron chi connectivity index (χ3n) is 5.62. The minimum atomic E-state index is -0.630. The van der Waals surface area contributed by atoms with E-state index in [9.17, 15) is 19.2 Å². The standard InChI is InChI=1S/C24H25N5O4/c1-2-12-29-24(33)19-11-7-6-10-18(19)21(27-29)23(32)26-25-22(31)17-13-20(30)28(15-17)14-16-8-4-3-5-9-16/h3-11,17H,2,12-15H2,1H3,(H,25,31)(H,26,32)/t17-/m0/s1. The van der Waals surface area contributed by atoms with Crippen LogP contribution in [0.1, 0.15) is 35.8 Å². The van der Waals surface area contributed by atoms with Crippen molar-refractivity contribution in [3.05, 3.63) is 76.2 Å². The molecule has 2 N–H and O–H groups in total. The second kappa shape index (κ2) is 9.64. The van der Waals surface area contributed by atoms with Crippen LogP contribution in [0.3, 0.4) is 0 Å². The maximum absolute atomic E-state index is 12.8. The number of carbonyl (C=O) groups is 3. The lowest BCUT2D eigenvalue weighted by molar-refractivity contribution is -0.129. The van der Waals surface area contributed by atoms with E-state index in [1.165, 1.54) is 4.68 Å². The topological polar surface area (TPSA) is 113 Å². The molecule has 0 radical (unpaired) electrons. The normalized spacial score (nSPS) is 15.6. The van der Waals surface area contributed by atoms with Gasteiger partial charge in [0.1, 0.15) is 0 Å². The van der Waals surface area contributed by atoms with E-state index in [0.717, 1.165) is 5.56 Å². The van der Waals surface area contributed by atoms with Crippen LogP contribution in [0.5, 0.6) is 0 Å². The van der Waals surface area contributed by atoms with E-state index < -0.39 is 17.7 Å². The largest absolute Gasteiger partial charge is 0.338 e. The summed E-state index contributed by atoms with van der Waals surface area (Å²) in [7, 11) is 0. The monoisotopic (exact) mass is 447 g/mol. The van der Waals surface area contributed by atoms with Gasteiger partial charge in [0.2, 0.25) is 11.8 Å². The molecule has 0 unspecified atom stereocenters. The first kappa shape index (κ1) is 22.2. The van der Waals surface area contributed by atoms with E-state index in [1.54, 1.807) is 29.2 Å². The molecule has 3 aromatic rings. The Labute approximate surface area is 190 Å². The number of aromatic nitrogens is 2. The molecule has 1 aromatic heterocycles. The number of benzene rings is 2. The average Bonchev–Trinajstić information content (AvgIpc) is 3.20. The van der Waals surface area contributed by atoms with Crippen LogP contribution < -0.4 is 16.4 Å². The van der Waals surface area contributed by atoms with E-state index in [4.69, 9.17) is 0 Å². The highest BCUT2D eigenvalue weighted by Crippen LogP contribution is 2.20. The molecular weight excluding hydrogens is 422 g/mol. The predicted molar refractivity (Wildman–Crippen MR) is 122 cm³/mol. The molecule has 9 nitrogen and oxygen atoms in total. The van der Waals surface area contributed by atoms with Crippen molar-refractivity contribution in [2.75, 3.05) is 6.54 Å². The van der Waals surface area contributed by atoms with Gasteiger partial charge in [-0.3, -0.25) is 30.0 Å². The smallest absolute Gasteiger partial charge is 0.290 e. The van der Waals surface area contributed by atoms with Crippen molar-refractivity contribution in [3.8, 4) is 0 Å². The van der Waals surface area contributed by atoms with Gasteiger partial charge in [-0.25, -0.2) is 4.68 Å². The number of rotatable bonds is 6. The highest BCUT2D eigenvalue weighted by atomic mass is 16.2. The molecule has 0 saturated carbocycles. The number of hydrazine groups is 1. The highest BCUT2D eigenvalue weighted by molar-refractivity contribution is 6.05. The summed E-state index contributed by atoms with van der Waals surface area (Å²) in [6, 6.07) is 16.3. The Bertz CT molecular complexity index is 1250. The molecular formula is C24H25N5O4. The van der Waals surface area contributed by atoms with Gasteiger partial charge in [-0.05, 0) is 18.1 Å². The summed E-state index contributed by atoms with van der Waals surface area (Å²) in [4.78, 5) is 52.0. The van der Waals surface area contributed by atoms with E-state index in [2.05, 4.69) is 16.0 Å². The van der Waals surface area contributed by atoms with Crippen LogP contribution in [0.15, 0.2) is 59.4 Å². The van der Waals surface area contributed by atoms with Crippen LogP contribution in [-0.4, -0.2) is 38.9 Å². The maximum Gasteiger partial charge on any atom is 0.290 e. The van der Waals surface area contributed by atoms with E-state index in [-0.39, 0.29) is 30.1 Å². The van der Waals surface area contributed by atoms with Gasteiger partial charge >= 0.3 is 0 Å². The van der Waals surface area contributed by atoms with Gasteiger partial charge < -0.3 is 4.90 Å². The Morgan fingerprint density at radius 2 is 1.70 bits per heavy atom. The summed E-state index contributed by atoms with van der Waals surface area (Å²) in [6.07, 6.45) is 0.759. The Kier molecular flexibility index (Phi) is 6.48. The van der Waals surface area contributed by atoms with E-state index in [0.29, 0.717) is 30.3 Å². The van der Waals surface area contributed by atoms with E-state index >= 15 is 0 Å². The molecule has 2 aromatic carbocycles. The van der Waals surface area contributed by atoms with E-state index in [1.807, 2.05) is 37.3 Å². The molecule has 9 heteroatoms. The first-order valence-electron chi connectivity index (χ1n) is 10.9. The summed E-state index contributed by atoms with van der Waals surface area (Å²) in [5.41, 5.74) is 5.57. The molecule has 1 atom stereocenters. The van der Waals surface area contributed by atoms with Crippen LogP contribution in [0, 0.1) is 5.92 Å². The summed E-state index contributed by atoms with van der Waals surface area (Å²) < 4.78 is 1.26. The van der Waals surface area contributed by atoms with Crippen molar-refractivity contribution in [1.29, 1.82) is 0 Å². The first-order chi connectivity index (χ1) is 16.0. The van der Waals surface area contributed by atoms with Crippen LogP contribution in [-0.2, 0) is 22.7 Å². The summed E-state index contributed by atoms with van der Waals surface area (Å²) in [5, 5.41) is 5.01. The maximum atomic E-state index is 12.8. The van der Waals surface area contributed by atoms with Gasteiger partial charge in [0.25, 0.3) is 11.5 Å². The zero-order valence-corrected chi connectivity index (χ0v) is 18.3. The number of nitrogens with one attached hydrogen (secondary N) is 2. The minimum absolute atomic E-state index is 0.0483. The molecule has 1 fully saturated rings. The minimum Gasteiger partial charge on any atom is -0.338 e. The predicted octanol–water partition coefficient (Wildman–Crippen LogP) is 1.62. The SMILES string of the molecule is CCCn1nc(C(=O)NNC(=O)[C@H]2CC(=O)N(Cc3ccccc3)C2)c2ccccc2c1=O. The molecule has 2 heterocycles. The molecule has 33 heavy (non-hydrogen) atoms. The number of amides is 3. The third-order valence-corrected chi connectivity index (χ3v) is 5.62. The Balaban J connectivity index is 1.43.